The molecule has 5 rings (SSSR count). The molecule has 1 atom stereocenters. The summed E-state index contributed by atoms with van der Waals surface area (Å²) >= 11 is 1.72. The van der Waals surface area contributed by atoms with Crippen LogP contribution in [-0.4, -0.2) is 27.1 Å². The molecule has 6 nitrogen and oxygen atoms in total. The van der Waals surface area contributed by atoms with Crippen LogP contribution in [0.5, 0.6) is 0 Å². The van der Waals surface area contributed by atoms with Gasteiger partial charge in [-0.1, -0.05) is 54.5 Å². The molecule has 2 aromatic heterocycles. The highest BCUT2D eigenvalue weighted by atomic mass is 32.2. The Morgan fingerprint density at radius 3 is 2.60 bits per heavy atom. The van der Waals surface area contributed by atoms with Gasteiger partial charge in [-0.3, -0.25) is 9.48 Å². The van der Waals surface area contributed by atoms with Crippen molar-refractivity contribution in [2.24, 2.45) is 0 Å². The lowest BCUT2D eigenvalue weighted by Crippen LogP contribution is -2.31. The van der Waals surface area contributed by atoms with Crippen LogP contribution in [0.25, 0.3) is 0 Å². The third kappa shape index (κ3) is 4.52. The first-order chi connectivity index (χ1) is 16.9. The lowest BCUT2D eigenvalue weighted by atomic mass is 9.70. The molecule has 1 N–H and O–H groups in total. The van der Waals surface area contributed by atoms with Gasteiger partial charge in [-0.2, -0.15) is 5.10 Å². The number of carbonyl (C=O) groups excluding carboxylic acids is 1. The van der Waals surface area contributed by atoms with Crippen LogP contribution < -0.4 is 5.32 Å². The molecule has 0 aliphatic heterocycles. The van der Waals surface area contributed by atoms with Crippen molar-refractivity contribution in [3.8, 4) is 0 Å². The maximum atomic E-state index is 13.4. The number of amides is 1. The molecule has 2 heterocycles. The van der Waals surface area contributed by atoms with Gasteiger partial charge in [0.1, 0.15) is 5.76 Å². The van der Waals surface area contributed by atoms with Crippen LogP contribution in [0.3, 0.4) is 0 Å². The summed E-state index contributed by atoms with van der Waals surface area (Å²) < 4.78 is 7.54. The topological polar surface area (TPSA) is 73.0 Å². The number of hydrogen-bond donors (Lipinski definition) is 1. The van der Waals surface area contributed by atoms with Crippen molar-refractivity contribution >= 4 is 23.4 Å². The van der Waals surface area contributed by atoms with Crippen molar-refractivity contribution in [3.63, 3.8) is 0 Å². The standard InChI is InChI=1S/C28H30N4O2S/c1-18-25(19(2)32(30-18)17-20-10-12-22(35-4)13-11-20)29-27(33)26-23-16-28(3,15-14-24(23)34-31-26)21-8-6-5-7-9-21/h5-13H,14-17H2,1-4H3,(H,29,33). The Morgan fingerprint density at radius 2 is 1.89 bits per heavy atom. The number of nitrogens with one attached hydrogen (secondary N) is 1. The predicted molar refractivity (Wildman–Crippen MR) is 139 cm³/mol. The minimum atomic E-state index is -0.248. The van der Waals surface area contributed by atoms with Crippen LogP contribution in [0.15, 0.2) is 64.0 Å². The molecule has 1 aliphatic rings. The number of rotatable bonds is 6. The van der Waals surface area contributed by atoms with E-state index in [1.807, 2.05) is 24.6 Å². The van der Waals surface area contributed by atoms with Gasteiger partial charge in [0.2, 0.25) is 0 Å². The van der Waals surface area contributed by atoms with Gasteiger partial charge in [0.25, 0.3) is 5.91 Å². The van der Waals surface area contributed by atoms with Gasteiger partial charge in [-0.15, -0.1) is 11.8 Å². The van der Waals surface area contributed by atoms with Crippen LogP contribution in [0.1, 0.15) is 57.7 Å². The summed E-state index contributed by atoms with van der Waals surface area (Å²) in [5.74, 6) is 0.573. The van der Waals surface area contributed by atoms with Crippen LogP contribution in [-0.2, 0) is 24.8 Å². The maximum Gasteiger partial charge on any atom is 0.278 e. The van der Waals surface area contributed by atoms with Crippen LogP contribution in [0, 0.1) is 13.8 Å². The molecule has 2 aromatic carbocycles. The quantitative estimate of drug-likeness (QED) is 0.341. The zero-order chi connectivity index (χ0) is 24.6. The summed E-state index contributed by atoms with van der Waals surface area (Å²) in [6.45, 7) is 6.80. The Labute approximate surface area is 210 Å². The SMILES string of the molecule is CSc1ccc(Cn2nc(C)c(NC(=O)c3noc4c3CC(C)(c3ccccc3)CC4)c2C)cc1. The van der Waals surface area contributed by atoms with E-state index in [1.54, 1.807) is 11.8 Å². The van der Waals surface area contributed by atoms with E-state index in [0.717, 1.165) is 53.2 Å². The summed E-state index contributed by atoms with van der Waals surface area (Å²) in [6.07, 6.45) is 4.52. The fourth-order valence-electron chi connectivity index (χ4n) is 4.96. The maximum absolute atomic E-state index is 13.4. The second-order valence-electron chi connectivity index (χ2n) is 9.54. The molecule has 1 amide bonds. The zero-order valence-electron chi connectivity index (χ0n) is 20.6. The largest absolute Gasteiger partial charge is 0.360 e. The Bertz CT molecular complexity index is 1360. The number of carbonyl (C=O) groups is 1. The molecular formula is C28H30N4O2S. The lowest BCUT2D eigenvalue weighted by Gasteiger charge is -2.33. The molecule has 0 fully saturated rings. The fraction of sp³-hybridized carbons (Fsp3) is 0.321. The second-order valence-corrected chi connectivity index (χ2v) is 10.4. The number of benzene rings is 2. The van der Waals surface area contributed by atoms with Crippen LogP contribution in [0.2, 0.25) is 0 Å². The number of nitrogens with zero attached hydrogens (tertiary/aromatic N) is 3. The highest BCUT2D eigenvalue weighted by Gasteiger charge is 2.37. The molecule has 4 aromatic rings. The van der Waals surface area contributed by atoms with Gasteiger partial charge < -0.3 is 9.84 Å². The second kappa shape index (κ2) is 9.38. The third-order valence-electron chi connectivity index (χ3n) is 7.14. The van der Waals surface area contributed by atoms with E-state index in [2.05, 4.69) is 77.3 Å². The van der Waals surface area contributed by atoms with Gasteiger partial charge in [-0.25, -0.2) is 0 Å². The summed E-state index contributed by atoms with van der Waals surface area (Å²) in [5, 5.41) is 11.9. The normalized spacial score (nSPS) is 17.3. The Hall–Kier alpha value is -3.32. The van der Waals surface area contributed by atoms with Crippen molar-refractivity contribution < 1.29 is 9.32 Å². The van der Waals surface area contributed by atoms with E-state index in [0.29, 0.717) is 12.2 Å². The van der Waals surface area contributed by atoms with Gasteiger partial charge >= 0.3 is 0 Å². The van der Waals surface area contributed by atoms with Crippen LogP contribution in [0.4, 0.5) is 5.69 Å². The van der Waals surface area contributed by atoms with Crippen molar-refractivity contribution in [3.05, 3.63) is 94.1 Å². The van der Waals surface area contributed by atoms with Crippen molar-refractivity contribution in [2.75, 3.05) is 11.6 Å². The molecule has 0 spiro atoms. The molecule has 1 aliphatic carbocycles. The van der Waals surface area contributed by atoms with E-state index >= 15 is 0 Å². The molecular weight excluding hydrogens is 456 g/mol. The van der Waals surface area contributed by atoms with E-state index in [1.165, 1.54) is 10.5 Å². The van der Waals surface area contributed by atoms with Crippen molar-refractivity contribution in [2.45, 2.75) is 56.9 Å². The molecule has 7 heteroatoms. The van der Waals surface area contributed by atoms with E-state index in [4.69, 9.17) is 4.52 Å². The van der Waals surface area contributed by atoms with Crippen molar-refractivity contribution in [1.82, 2.24) is 14.9 Å². The monoisotopic (exact) mass is 486 g/mol. The smallest absolute Gasteiger partial charge is 0.278 e. The Morgan fingerprint density at radius 1 is 1.14 bits per heavy atom. The molecule has 180 valence electrons. The highest BCUT2D eigenvalue weighted by Crippen LogP contribution is 2.39. The third-order valence-corrected chi connectivity index (χ3v) is 7.88. The van der Waals surface area contributed by atoms with E-state index < -0.39 is 0 Å². The Kier molecular flexibility index (Phi) is 6.28. The number of fused-ring (bicyclic) bond motifs is 1. The number of aromatic nitrogens is 3. The zero-order valence-corrected chi connectivity index (χ0v) is 21.4. The summed E-state index contributed by atoms with van der Waals surface area (Å²) in [7, 11) is 0. The average molecular weight is 487 g/mol. The first kappa shape index (κ1) is 23.4. The number of hydrogen-bond acceptors (Lipinski definition) is 5. The van der Waals surface area contributed by atoms with E-state index in [-0.39, 0.29) is 11.3 Å². The highest BCUT2D eigenvalue weighted by molar-refractivity contribution is 7.98. The summed E-state index contributed by atoms with van der Waals surface area (Å²) in [6, 6.07) is 19.0. The number of aryl methyl sites for hydroxylation is 2. The molecule has 0 radical (unpaired) electrons. The van der Waals surface area contributed by atoms with Gasteiger partial charge in [-0.05, 0) is 61.6 Å². The van der Waals surface area contributed by atoms with E-state index in [9.17, 15) is 4.79 Å². The first-order valence-corrected chi connectivity index (χ1v) is 13.1. The van der Waals surface area contributed by atoms with Crippen LogP contribution >= 0.6 is 11.8 Å². The fourth-order valence-corrected chi connectivity index (χ4v) is 5.37. The molecule has 0 saturated heterocycles. The van der Waals surface area contributed by atoms with Gasteiger partial charge in [0.15, 0.2) is 5.69 Å². The predicted octanol–water partition coefficient (Wildman–Crippen LogP) is 5.96. The van der Waals surface area contributed by atoms with Gasteiger partial charge in [0.05, 0.1) is 23.6 Å². The number of thioether (sulfide) groups is 1. The minimum Gasteiger partial charge on any atom is -0.360 e. The molecule has 35 heavy (non-hydrogen) atoms. The summed E-state index contributed by atoms with van der Waals surface area (Å²) in [5.41, 5.74) is 6.09. The molecule has 0 bridgehead atoms. The average Bonchev–Trinajstić information content (AvgIpc) is 3.40. The van der Waals surface area contributed by atoms with Crippen molar-refractivity contribution in [1.29, 1.82) is 0 Å². The molecule has 0 saturated carbocycles. The first-order valence-electron chi connectivity index (χ1n) is 11.9. The number of anilines is 1. The lowest BCUT2D eigenvalue weighted by molar-refractivity contribution is 0.101. The Balaban J connectivity index is 1.36. The van der Waals surface area contributed by atoms with Gasteiger partial charge in [0, 0.05) is 16.9 Å². The molecule has 1 unspecified atom stereocenters. The minimum absolute atomic E-state index is 0.0581. The summed E-state index contributed by atoms with van der Waals surface area (Å²) in [4.78, 5) is 14.6.